The Kier molecular flexibility index (Phi) is 4.81. The lowest BCUT2D eigenvalue weighted by molar-refractivity contribution is -0.142. The quantitative estimate of drug-likeness (QED) is 0.670. The van der Waals surface area contributed by atoms with E-state index in [0.29, 0.717) is 5.56 Å². The van der Waals surface area contributed by atoms with E-state index in [4.69, 9.17) is 5.26 Å². The third kappa shape index (κ3) is 3.47. The number of nitrogens with zero attached hydrogens (tertiary/aromatic N) is 2. The molecule has 1 unspecified atom stereocenters. The Morgan fingerprint density at radius 1 is 1.19 bits per heavy atom. The number of benzene rings is 2. The van der Waals surface area contributed by atoms with Gasteiger partial charge < -0.3 is 10.2 Å². The van der Waals surface area contributed by atoms with Crippen LogP contribution in [-0.2, 0) is 20.9 Å². The summed E-state index contributed by atoms with van der Waals surface area (Å²) in [7, 11) is 1.51. The molecule has 0 bridgehead atoms. The molecule has 1 fully saturated rings. The van der Waals surface area contributed by atoms with Crippen molar-refractivity contribution in [3.63, 3.8) is 0 Å². The smallest absolute Gasteiger partial charge is 0.290 e. The van der Waals surface area contributed by atoms with E-state index in [-0.39, 0.29) is 13.1 Å². The predicted molar refractivity (Wildman–Crippen MR) is 94.6 cm³/mol. The molecule has 0 spiro atoms. The minimum absolute atomic E-state index is 0.120. The maximum absolute atomic E-state index is 12.2. The van der Waals surface area contributed by atoms with Gasteiger partial charge in [-0.05, 0) is 34.9 Å². The number of likely N-dealkylation sites (N-methyl/N-ethyl adjacent to an activating group) is 1. The second-order valence-electron chi connectivity index (χ2n) is 6.21. The highest BCUT2D eigenvalue weighted by molar-refractivity contribution is 6.42. The van der Waals surface area contributed by atoms with Gasteiger partial charge in [0.1, 0.15) is 5.92 Å². The van der Waals surface area contributed by atoms with Crippen molar-refractivity contribution in [3.8, 4) is 17.2 Å². The van der Waals surface area contributed by atoms with Crippen molar-refractivity contribution < 1.29 is 14.4 Å². The molecule has 130 valence electrons. The van der Waals surface area contributed by atoms with E-state index >= 15 is 0 Å². The van der Waals surface area contributed by atoms with Crippen molar-refractivity contribution in [1.29, 1.82) is 5.26 Å². The van der Waals surface area contributed by atoms with Crippen LogP contribution in [0.1, 0.15) is 11.1 Å². The van der Waals surface area contributed by atoms with Gasteiger partial charge in [-0.2, -0.15) is 5.26 Å². The van der Waals surface area contributed by atoms with Crippen LogP contribution in [0.25, 0.3) is 11.1 Å². The molecule has 0 saturated carbocycles. The number of carbonyl (C=O) groups excluding carboxylic acids is 3. The van der Waals surface area contributed by atoms with Gasteiger partial charge >= 0.3 is 0 Å². The van der Waals surface area contributed by atoms with Crippen LogP contribution in [0, 0.1) is 17.2 Å². The number of carbonyl (C=O) groups is 3. The Hall–Kier alpha value is -3.46. The second-order valence-corrected chi connectivity index (χ2v) is 6.21. The molecule has 0 radical (unpaired) electrons. The summed E-state index contributed by atoms with van der Waals surface area (Å²) >= 11 is 0. The lowest BCUT2D eigenvalue weighted by Crippen LogP contribution is -2.35. The summed E-state index contributed by atoms with van der Waals surface area (Å²) in [5, 5.41) is 11.6. The van der Waals surface area contributed by atoms with Crippen LogP contribution in [0.2, 0.25) is 0 Å². The van der Waals surface area contributed by atoms with Gasteiger partial charge in [-0.1, -0.05) is 30.3 Å². The number of rotatable bonds is 4. The van der Waals surface area contributed by atoms with E-state index in [0.717, 1.165) is 16.7 Å². The molecule has 3 rings (SSSR count). The van der Waals surface area contributed by atoms with Gasteiger partial charge in [0.2, 0.25) is 11.7 Å². The Morgan fingerprint density at radius 3 is 2.54 bits per heavy atom. The number of likely N-dealkylation sites (tertiary alicyclic amines) is 1. The zero-order valence-electron chi connectivity index (χ0n) is 14.2. The fourth-order valence-electron chi connectivity index (χ4n) is 2.89. The summed E-state index contributed by atoms with van der Waals surface area (Å²) in [4.78, 5) is 36.8. The van der Waals surface area contributed by atoms with Gasteiger partial charge in [-0.3, -0.25) is 14.4 Å². The van der Waals surface area contributed by atoms with Crippen LogP contribution in [0.4, 0.5) is 0 Å². The molecule has 0 aromatic heterocycles. The molecule has 2 aromatic carbocycles. The van der Waals surface area contributed by atoms with E-state index in [1.165, 1.54) is 11.9 Å². The van der Waals surface area contributed by atoms with Crippen LogP contribution < -0.4 is 5.32 Å². The molecule has 1 saturated heterocycles. The standard InChI is InChI=1S/C20H17N3O3/c1-23-12-17(18(24)20(23)26)19(25)22-11-14-3-2-4-16(9-14)15-7-5-13(10-21)6-8-15/h2-9,17H,11-12H2,1H3,(H,22,25). The Labute approximate surface area is 151 Å². The summed E-state index contributed by atoms with van der Waals surface area (Å²) in [6, 6.07) is 17.0. The van der Waals surface area contributed by atoms with E-state index in [9.17, 15) is 14.4 Å². The summed E-state index contributed by atoms with van der Waals surface area (Å²) < 4.78 is 0. The first kappa shape index (κ1) is 17.4. The van der Waals surface area contributed by atoms with E-state index in [2.05, 4.69) is 11.4 Å². The molecule has 0 aliphatic carbocycles. The minimum Gasteiger partial charge on any atom is -0.351 e. The summed E-state index contributed by atoms with van der Waals surface area (Å²) in [5.41, 5.74) is 3.41. The molecule has 2 aromatic rings. The number of nitriles is 1. The van der Waals surface area contributed by atoms with Crippen molar-refractivity contribution in [2.24, 2.45) is 5.92 Å². The van der Waals surface area contributed by atoms with Gasteiger partial charge in [0.25, 0.3) is 5.91 Å². The van der Waals surface area contributed by atoms with Crippen molar-refractivity contribution in [3.05, 3.63) is 59.7 Å². The molecule has 1 aliphatic heterocycles. The zero-order valence-corrected chi connectivity index (χ0v) is 14.2. The van der Waals surface area contributed by atoms with Crippen molar-refractivity contribution in [2.75, 3.05) is 13.6 Å². The summed E-state index contributed by atoms with van der Waals surface area (Å²) in [6.07, 6.45) is 0. The van der Waals surface area contributed by atoms with Gasteiger partial charge in [0, 0.05) is 20.1 Å². The highest BCUT2D eigenvalue weighted by atomic mass is 16.2. The number of Topliss-reactive ketones (excluding diaryl/α,β-unsaturated/α-hetero) is 1. The number of hydrogen-bond acceptors (Lipinski definition) is 4. The van der Waals surface area contributed by atoms with Crippen LogP contribution in [0.3, 0.4) is 0 Å². The molecule has 1 atom stereocenters. The molecule has 26 heavy (non-hydrogen) atoms. The predicted octanol–water partition coefficient (Wildman–Crippen LogP) is 1.50. The fourth-order valence-corrected chi connectivity index (χ4v) is 2.89. The molecule has 1 N–H and O–H groups in total. The summed E-state index contributed by atoms with van der Waals surface area (Å²) in [5.74, 6) is -2.64. The van der Waals surface area contributed by atoms with Crippen molar-refractivity contribution in [1.82, 2.24) is 10.2 Å². The minimum atomic E-state index is -0.936. The maximum atomic E-state index is 12.2. The largest absolute Gasteiger partial charge is 0.351 e. The molecule has 6 heteroatoms. The van der Waals surface area contributed by atoms with Crippen LogP contribution in [0.15, 0.2) is 48.5 Å². The molecule has 2 amide bonds. The zero-order chi connectivity index (χ0) is 18.7. The highest BCUT2D eigenvalue weighted by Crippen LogP contribution is 2.21. The lowest BCUT2D eigenvalue weighted by Gasteiger charge is -2.11. The molecule has 1 heterocycles. The van der Waals surface area contributed by atoms with Gasteiger partial charge in [-0.25, -0.2) is 0 Å². The van der Waals surface area contributed by atoms with Crippen LogP contribution in [-0.4, -0.2) is 36.1 Å². The highest BCUT2D eigenvalue weighted by Gasteiger charge is 2.41. The first-order valence-corrected chi connectivity index (χ1v) is 8.16. The number of amides is 2. The fraction of sp³-hybridized carbons (Fsp3) is 0.200. The molecular weight excluding hydrogens is 330 g/mol. The Morgan fingerprint density at radius 2 is 1.92 bits per heavy atom. The van der Waals surface area contributed by atoms with Crippen LogP contribution in [0.5, 0.6) is 0 Å². The lowest BCUT2D eigenvalue weighted by atomic mass is 10.0. The third-order valence-electron chi connectivity index (χ3n) is 4.39. The summed E-state index contributed by atoms with van der Waals surface area (Å²) in [6.45, 7) is 0.388. The van der Waals surface area contributed by atoms with Crippen molar-refractivity contribution >= 4 is 17.6 Å². The Balaban J connectivity index is 1.67. The molecule has 6 nitrogen and oxygen atoms in total. The number of ketones is 1. The SMILES string of the molecule is CN1CC(C(=O)NCc2cccc(-c3ccc(C#N)cc3)c2)C(=O)C1=O. The normalized spacial score (nSPS) is 16.5. The third-order valence-corrected chi connectivity index (χ3v) is 4.39. The van der Waals surface area contributed by atoms with E-state index < -0.39 is 23.5 Å². The maximum Gasteiger partial charge on any atom is 0.290 e. The molecular formula is C20H17N3O3. The van der Waals surface area contributed by atoms with Gasteiger partial charge in [-0.15, -0.1) is 0 Å². The topological polar surface area (TPSA) is 90.3 Å². The number of hydrogen-bond donors (Lipinski definition) is 1. The van der Waals surface area contributed by atoms with E-state index in [1.54, 1.807) is 12.1 Å². The average molecular weight is 347 g/mol. The van der Waals surface area contributed by atoms with Gasteiger partial charge in [0.05, 0.1) is 11.6 Å². The molecule has 1 aliphatic rings. The monoisotopic (exact) mass is 347 g/mol. The van der Waals surface area contributed by atoms with E-state index in [1.807, 2.05) is 36.4 Å². The first-order valence-electron chi connectivity index (χ1n) is 8.16. The average Bonchev–Trinajstić information content (AvgIpc) is 2.94. The number of nitrogens with one attached hydrogen (secondary N) is 1. The van der Waals surface area contributed by atoms with Crippen molar-refractivity contribution in [2.45, 2.75) is 6.54 Å². The first-order chi connectivity index (χ1) is 12.5. The van der Waals surface area contributed by atoms with Crippen LogP contribution >= 0.6 is 0 Å². The second kappa shape index (κ2) is 7.19. The Bertz CT molecular complexity index is 913. The van der Waals surface area contributed by atoms with Gasteiger partial charge in [0.15, 0.2) is 0 Å².